The molecule has 0 N–H and O–H groups in total. The predicted molar refractivity (Wildman–Crippen MR) is 71.6 cm³/mol. The van der Waals surface area contributed by atoms with Crippen molar-refractivity contribution >= 4 is 17.4 Å². The van der Waals surface area contributed by atoms with E-state index in [4.69, 9.17) is 11.6 Å². The number of rotatable bonds is 2. The molecule has 1 aliphatic carbocycles. The van der Waals surface area contributed by atoms with Gasteiger partial charge in [-0.2, -0.15) is 0 Å². The van der Waals surface area contributed by atoms with Crippen LogP contribution in [0.2, 0.25) is 5.02 Å². The smallest absolute Gasteiger partial charge is 0.165 e. The largest absolute Gasteiger partial charge is 0.294 e. The van der Waals surface area contributed by atoms with Gasteiger partial charge >= 0.3 is 0 Å². The SMILES string of the molecule is O=C(c1cccc(Cl)c1)C1CCCCCCC1. The van der Waals surface area contributed by atoms with Gasteiger partial charge in [0.05, 0.1) is 0 Å². The van der Waals surface area contributed by atoms with Gasteiger partial charge in [-0.1, -0.05) is 55.8 Å². The van der Waals surface area contributed by atoms with E-state index in [1.54, 1.807) is 6.07 Å². The minimum Gasteiger partial charge on any atom is -0.294 e. The van der Waals surface area contributed by atoms with Crippen molar-refractivity contribution in [1.29, 1.82) is 0 Å². The lowest BCUT2D eigenvalue weighted by Gasteiger charge is -2.18. The Morgan fingerprint density at radius 2 is 1.71 bits per heavy atom. The summed E-state index contributed by atoms with van der Waals surface area (Å²) in [5.74, 6) is 0.503. The van der Waals surface area contributed by atoms with E-state index < -0.39 is 0 Å². The summed E-state index contributed by atoms with van der Waals surface area (Å²) in [4.78, 5) is 12.4. The van der Waals surface area contributed by atoms with Crippen LogP contribution in [0.5, 0.6) is 0 Å². The van der Waals surface area contributed by atoms with E-state index in [2.05, 4.69) is 0 Å². The van der Waals surface area contributed by atoms with E-state index in [1.165, 1.54) is 32.1 Å². The Bertz CT molecular complexity index is 378. The molecular weight excluding hydrogens is 232 g/mol. The Morgan fingerprint density at radius 3 is 2.35 bits per heavy atom. The molecular formula is C15H19ClO. The van der Waals surface area contributed by atoms with E-state index in [9.17, 15) is 4.79 Å². The molecule has 0 bridgehead atoms. The van der Waals surface area contributed by atoms with Crippen molar-refractivity contribution in [3.63, 3.8) is 0 Å². The van der Waals surface area contributed by atoms with Crippen LogP contribution in [0.4, 0.5) is 0 Å². The number of hydrogen-bond donors (Lipinski definition) is 0. The van der Waals surface area contributed by atoms with Crippen LogP contribution < -0.4 is 0 Å². The molecule has 0 saturated heterocycles. The fraction of sp³-hybridized carbons (Fsp3) is 0.533. The second kappa shape index (κ2) is 6.20. The van der Waals surface area contributed by atoms with Crippen molar-refractivity contribution in [2.24, 2.45) is 5.92 Å². The highest BCUT2D eigenvalue weighted by Crippen LogP contribution is 2.26. The van der Waals surface area contributed by atoms with Crippen LogP contribution in [0.25, 0.3) is 0 Å². The topological polar surface area (TPSA) is 17.1 Å². The van der Waals surface area contributed by atoms with E-state index in [1.807, 2.05) is 18.2 Å². The lowest BCUT2D eigenvalue weighted by molar-refractivity contribution is 0.0898. The van der Waals surface area contributed by atoms with Crippen LogP contribution in [0, 0.1) is 5.92 Å². The van der Waals surface area contributed by atoms with Gasteiger partial charge in [0.15, 0.2) is 5.78 Å². The number of hydrogen-bond acceptors (Lipinski definition) is 1. The van der Waals surface area contributed by atoms with Crippen molar-refractivity contribution in [3.05, 3.63) is 34.9 Å². The van der Waals surface area contributed by atoms with Crippen molar-refractivity contribution in [3.8, 4) is 0 Å². The first-order chi connectivity index (χ1) is 8.27. The first-order valence-electron chi connectivity index (χ1n) is 6.57. The van der Waals surface area contributed by atoms with Crippen LogP contribution in [-0.2, 0) is 0 Å². The molecule has 1 fully saturated rings. The normalized spacial score (nSPS) is 18.4. The highest BCUT2D eigenvalue weighted by atomic mass is 35.5. The maximum absolute atomic E-state index is 12.4. The van der Waals surface area contributed by atoms with E-state index in [0.717, 1.165) is 18.4 Å². The molecule has 1 aromatic rings. The van der Waals surface area contributed by atoms with E-state index >= 15 is 0 Å². The average molecular weight is 251 g/mol. The monoisotopic (exact) mass is 250 g/mol. The molecule has 2 heteroatoms. The van der Waals surface area contributed by atoms with Gasteiger partial charge in [-0.25, -0.2) is 0 Å². The zero-order valence-electron chi connectivity index (χ0n) is 10.1. The van der Waals surface area contributed by atoms with Crippen LogP contribution in [0.1, 0.15) is 55.3 Å². The predicted octanol–water partition coefficient (Wildman–Crippen LogP) is 4.88. The molecule has 92 valence electrons. The number of carbonyl (C=O) groups excluding carboxylic acids is 1. The second-order valence-corrected chi connectivity index (χ2v) is 5.35. The second-order valence-electron chi connectivity index (χ2n) is 4.92. The summed E-state index contributed by atoms with van der Waals surface area (Å²) in [7, 11) is 0. The van der Waals surface area contributed by atoms with Crippen LogP contribution >= 0.6 is 11.6 Å². The highest BCUT2D eigenvalue weighted by molar-refractivity contribution is 6.31. The quantitative estimate of drug-likeness (QED) is 0.684. The minimum atomic E-state index is 0.216. The number of benzene rings is 1. The third-order valence-electron chi connectivity index (χ3n) is 3.59. The maximum Gasteiger partial charge on any atom is 0.165 e. The molecule has 0 radical (unpaired) electrons. The van der Waals surface area contributed by atoms with Crippen molar-refractivity contribution < 1.29 is 4.79 Å². The summed E-state index contributed by atoms with van der Waals surface area (Å²) in [5, 5.41) is 0.654. The van der Waals surface area contributed by atoms with Crippen molar-refractivity contribution in [2.45, 2.75) is 44.9 Å². The zero-order chi connectivity index (χ0) is 12.1. The third kappa shape index (κ3) is 3.57. The Morgan fingerprint density at radius 1 is 1.06 bits per heavy atom. The van der Waals surface area contributed by atoms with Crippen LogP contribution in [0.3, 0.4) is 0 Å². The lowest BCUT2D eigenvalue weighted by Crippen LogP contribution is -2.16. The molecule has 0 unspecified atom stereocenters. The zero-order valence-corrected chi connectivity index (χ0v) is 10.9. The number of halogens is 1. The molecule has 0 atom stereocenters. The molecule has 0 spiro atoms. The van der Waals surface area contributed by atoms with E-state index in [0.29, 0.717) is 5.02 Å². The molecule has 0 aromatic heterocycles. The molecule has 17 heavy (non-hydrogen) atoms. The molecule has 1 aliphatic rings. The molecule has 0 amide bonds. The summed E-state index contributed by atoms with van der Waals surface area (Å²) in [5.41, 5.74) is 0.781. The van der Waals surface area contributed by atoms with E-state index in [-0.39, 0.29) is 11.7 Å². The van der Waals surface area contributed by atoms with Gasteiger partial charge in [0.2, 0.25) is 0 Å². The van der Waals surface area contributed by atoms with Gasteiger partial charge in [0.25, 0.3) is 0 Å². The van der Waals surface area contributed by atoms with Gasteiger partial charge in [-0.3, -0.25) is 4.79 Å². The molecule has 0 aliphatic heterocycles. The number of ketones is 1. The summed E-state index contributed by atoms with van der Waals surface area (Å²) < 4.78 is 0. The summed E-state index contributed by atoms with van der Waals surface area (Å²) >= 11 is 5.93. The van der Waals surface area contributed by atoms with Gasteiger partial charge in [-0.15, -0.1) is 0 Å². The summed E-state index contributed by atoms with van der Waals surface area (Å²) in [6.07, 6.45) is 8.36. The van der Waals surface area contributed by atoms with Crippen LogP contribution in [0.15, 0.2) is 24.3 Å². The van der Waals surface area contributed by atoms with Gasteiger partial charge in [-0.05, 0) is 25.0 Å². The third-order valence-corrected chi connectivity index (χ3v) is 3.82. The molecule has 1 nitrogen and oxygen atoms in total. The Kier molecular flexibility index (Phi) is 4.61. The Balaban J connectivity index is 2.07. The molecule has 1 aromatic carbocycles. The first-order valence-corrected chi connectivity index (χ1v) is 6.95. The summed E-state index contributed by atoms with van der Waals surface area (Å²) in [6, 6.07) is 7.35. The van der Waals surface area contributed by atoms with Gasteiger partial charge in [0, 0.05) is 16.5 Å². The van der Waals surface area contributed by atoms with Crippen molar-refractivity contribution in [2.75, 3.05) is 0 Å². The fourth-order valence-electron chi connectivity index (χ4n) is 2.60. The Hall–Kier alpha value is -0.820. The van der Waals surface area contributed by atoms with Gasteiger partial charge in [0.1, 0.15) is 0 Å². The minimum absolute atomic E-state index is 0.216. The summed E-state index contributed by atoms with van der Waals surface area (Å²) in [6.45, 7) is 0. The first kappa shape index (κ1) is 12.6. The molecule has 2 rings (SSSR count). The molecule has 0 heterocycles. The standard InChI is InChI=1S/C15H19ClO/c16-14-10-6-9-13(11-14)15(17)12-7-4-2-1-3-5-8-12/h6,9-12H,1-5,7-8H2. The lowest BCUT2D eigenvalue weighted by atomic mass is 9.86. The number of carbonyl (C=O) groups is 1. The van der Waals surface area contributed by atoms with Gasteiger partial charge < -0.3 is 0 Å². The number of Topliss-reactive ketones (excluding diaryl/α,β-unsaturated/α-hetero) is 1. The fourth-order valence-corrected chi connectivity index (χ4v) is 2.79. The average Bonchev–Trinajstić information content (AvgIpc) is 2.28. The van der Waals surface area contributed by atoms with Crippen LogP contribution in [-0.4, -0.2) is 5.78 Å². The highest BCUT2D eigenvalue weighted by Gasteiger charge is 2.20. The Labute approximate surface area is 108 Å². The molecule has 1 saturated carbocycles. The maximum atomic E-state index is 12.4. The van der Waals surface area contributed by atoms with Crippen molar-refractivity contribution in [1.82, 2.24) is 0 Å².